The van der Waals surface area contributed by atoms with Crippen LogP contribution in [-0.4, -0.2) is 36.9 Å². The molecule has 0 aliphatic rings. The molecule has 1 amide bonds. The molecule has 0 spiro atoms. The largest absolute Gasteiger partial charge is 0.459 e. The number of nitrogens with two attached hydrogens (primary N) is 1. The Morgan fingerprint density at radius 1 is 0.923 bits per heavy atom. The van der Waals surface area contributed by atoms with Crippen molar-refractivity contribution >= 4 is 17.7 Å². The van der Waals surface area contributed by atoms with Gasteiger partial charge in [0.15, 0.2) is 11.8 Å². The monoisotopic (exact) mass is 533 g/mol. The van der Waals surface area contributed by atoms with Crippen molar-refractivity contribution in [3.8, 4) is 0 Å². The molecule has 210 valence electrons. The second-order valence-electron chi connectivity index (χ2n) is 9.41. The number of hydrogen-bond acceptors (Lipinski definition) is 6. The summed E-state index contributed by atoms with van der Waals surface area (Å²) in [5.41, 5.74) is 8.11. The Balaban J connectivity index is 2.19. The first kappa shape index (κ1) is 31.7. The van der Waals surface area contributed by atoms with E-state index in [1.54, 1.807) is 42.5 Å². The van der Waals surface area contributed by atoms with Crippen LogP contribution < -0.4 is 16.4 Å². The molecule has 0 aliphatic carbocycles. The highest BCUT2D eigenvalue weighted by Gasteiger charge is 2.31. The van der Waals surface area contributed by atoms with Gasteiger partial charge in [-0.15, -0.1) is 0 Å². The molecule has 7 nitrogen and oxygen atoms in total. The number of carbonyl (C=O) groups excluding carboxylic acids is 3. The first-order valence-electron chi connectivity index (χ1n) is 13.8. The quantitative estimate of drug-likeness (QED) is 0.160. The number of carbonyl (C=O) groups is 3. The molecule has 7 heteroatoms. The number of hydrogen-bond donors (Lipinski definition) is 3. The van der Waals surface area contributed by atoms with Gasteiger partial charge in [0.1, 0.15) is 12.1 Å². The Bertz CT molecular complexity index is 1090. The van der Waals surface area contributed by atoms with Crippen LogP contribution in [0.3, 0.4) is 0 Å². The lowest BCUT2D eigenvalue weighted by Gasteiger charge is -2.28. The Labute approximate surface area is 232 Å². The highest BCUT2D eigenvalue weighted by atomic mass is 16.5. The molecule has 0 aromatic heterocycles. The van der Waals surface area contributed by atoms with Gasteiger partial charge < -0.3 is 21.1 Å². The summed E-state index contributed by atoms with van der Waals surface area (Å²) < 4.78 is 6.04. The first-order chi connectivity index (χ1) is 18.9. The van der Waals surface area contributed by atoms with E-state index in [1.807, 2.05) is 64.1 Å². The van der Waals surface area contributed by atoms with E-state index in [2.05, 4.69) is 10.6 Å². The molecule has 2 unspecified atom stereocenters. The van der Waals surface area contributed by atoms with Crippen molar-refractivity contribution in [1.82, 2.24) is 10.6 Å². The summed E-state index contributed by atoms with van der Waals surface area (Å²) >= 11 is 0. The SMILES string of the molecule is C/C=C\C(=C/CC)C(=O)CNC[C@H](OC(=O)C(NC(=O)C(N)c1ccccc1)c1ccccc1)C(CC)CC. The average molecular weight is 534 g/mol. The van der Waals surface area contributed by atoms with Gasteiger partial charge in [-0.3, -0.25) is 9.59 Å². The third-order valence-electron chi connectivity index (χ3n) is 6.66. The van der Waals surface area contributed by atoms with Gasteiger partial charge in [-0.25, -0.2) is 4.79 Å². The molecule has 0 saturated heterocycles. The normalized spacial score (nSPS) is 14.2. The van der Waals surface area contributed by atoms with Crippen molar-refractivity contribution in [2.24, 2.45) is 11.7 Å². The molecule has 0 fully saturated rings. The second kappa shape index (κ2) is 17.1. The molecule has 0 heterocycles. The van der Waals surface area contributed by atoms with E-state index in [9.17, 15) is 14.4 Å². The van der Waals surface area contributed by atoms with Gasteiger partial charge in [0, 0.05) is 12.1 Å². The van der Waals surface area contributed by atoms with Crippen LogP contribution in [0.15, 0.2) is 84.5 Å². The Hall–Kier alpha value is -3.55. The van der Waals surface area contributed by atoms with Crippen molar-refractivity contribution in [3.63, 3.8) is 0 Å². The lowest BCUT2D eigenvalue weighted by Crippen LogP contribution is -2.44. The van der Waals surface area contributed by atoms with Gasteiger partial charge in [0.05, 0.1) is 6.54 Å². The first-order valence-corrected chi connectivity index (χ1v) is 13.8. The fourth-order valence-corrected chi connectivity index (χ4v) is 4.41. The van der Waals surface area contributed by atoms with E-state index in [4.69, 9.17) is 10.5 Å². The summed E-state index contributed by atoms with van der Waals surface area (Å²) in [6.07, 6.45) is 7.42. The summed E-state index contributed by atoms with van der Waals surface area (Å²) in [6.45, 7) is 8.41. The number of amides is 1. The third kappa shape index (κ3) is 9.93. The van der Waals surface area contributed by atoms with E-state index < -0.39 is 30.1 Å². The van der Waals surface area contributed by atoms with E-state index in [0.717, 1.165) is 19.3 Å². The summed E-state index contributed by atoms with van der Waals surface area (Å²) in [4.78, 5) is 39.3. The number of ketones is 1. The molecule has 0 saturated carbocycles. The van der Waals surface area contributed by atoms with Crippen molar-refractivity contribution < 1.29 is 19.1 Å². The second-order valence-corrected chi connectivity index (χ2v) is 9.41. The standard InChI is InChI=1S/C32H43N3O4/c1-5-15-24(16-6-2)27(36)21-34-22-28(23(7-3)8-4)39-32(38)30(26-19-13-10-14-20-26)35-31(37)29(33)25-17-11-9-12-18-25/h5,9-20,23,28-30,34H,6-8,21-22,33H2,1-4H3,(H,35,37)/b15-5-,24-16+/t28-,29?,30?/m0/s1. The fourth-order valence-electron chi connectivity index (χ4n) is 4.41. The maximum atomic E-state index is 13.6. The molecule has 0 radical (unpaired) electrons. The number of allylic oxidation sites excluding steroid dienone is 3. The zero-order valence-electron chi connectivity index (χ0n) is 23.6. The maximum Gasteiger partial charge on any atom is 0.333 e. The molecule has 2 rings (SSSR count). The highest BCUT2D eigenvalue weighted by Crippen LogP contribution is 2.22. The molecule has 0 bridgehead atoms. The number of Topliss-reactive ketones (excluding diaryl/α,β-unsaturated/α-hetero) is 1. The number of benzene rings is 2. The highest BCUT2D eigenvalue weighted by molar-refractivity contribution is 5.99. The van der Waals surface area contributed by atoms with E-state index in [0.29, 0.717) is 23.2 Å². The average Bonchev–Trinajstić information content (AvgIpc) is 2.96. The molecule has 39 heavy (non-hydrogen) atoms. The van der Waals surface area contributed by atoms with Gasteiger partial charge in [-0.05, 0) is 43.2 Å². The van der Waals surface area contributed by atoms with Crippen LogP contribution in [-0.2, 0) is 19.1 Å². The maximum absolute atomic E-state index is 13.6. The summed E-state index contributed by atoms with van der Waals surface area (Å²) in [5, 5.41) is 5.99. The number of nitrogens with one attached hydrogen (secondary N) is 2. The molecule has 2 aromatic carbocycles. The lowest BCUT2D eigenvalue weighted by atomic mass is 9.96. The zero-order valence-corrected chi connectivity index (χ0v) is 23.6. The minimum atomic E-state index is -1.03. The summed E-state index contributed by atoms with van der Waals surface area (Å²) in [6, 6.07) is 16.0. The molecular formula is C32H43N3O4. The van der Waals surface area contributed by atoms with Crippen molar-refractivity contribution in [2.45, 2.75) is 65.1 Å². The Morgan fingerprint density at radius 3 is 2.05 bits per heavy atom. The Kier molecular flexibility index (Phi) is 13.9. The molecule has 2 aromatic rings. The number of ether oxygens (including phenoxy) is 1. The van der Waals surface area contributed by atoms with Crippen LogP contribution in [0.5, 0.6) is 0 Å². The third-order valence-corrected chi connectivity index (χ3v) is 6.66. The van der Waals surface area contributed by atoms with Crippen molar-refractivity contribution in [3.05, 3.63) is 95.6 Å². The molecule has 3 atom stereocenters. The minimum absolute atomic E-state index is 0.0195. The van der Waals surface area contributed by atoms with Crippen LogP contribution in [0, 0.1) is 5.92 Å². The number of rotatable bonds is 16. The van der Waals surface area contributed by atoms with Crippen molar-refractivity contribution in [1.29, 1.82) is 0 Å². The van der Waals surface area contributed by atoms with Crippen LogP contribution in [0.1, 0.15) is 70.2 Å². The van der Waals surface area contributed by atoms with Gasteiger partial charge in [0.2, 0.25) is 5.91 Å². The van der Waals surface area contributed by atoms with E-state index in [-0.39, 0.29) is 18.2 Å². The summed E-state index contributed by atoms with van der Waals surface area (Å²) in [7, 11) is 0. The lowest BCUT2D eigenvalue weighted by molar-refractivity contribution is -0.156. The van der Waals surface area contributed by atoms with Gasteiger partial charge in [0.25, 0.3) is 0 Å². The van der Waals surface area contributed by atoms with E-state index >= 15 is 0 Å². The summed E-state index contributed by atoms with van der Waals surface area (Å²) in [5.74, 6) is -0.986. The van der Waals surface area contributed by atoms with Crippen molar-refractivity contribution in [2.75, 3.05) is 13.1 Å². The smallest absolute Gasteiger partial charge is 0.333 e. The predicted molar refractivity (Wildman–Crippen MR) is 156 cm³/mol. The van der Waals surface area contributed by atoms with Gasteiger partial charge >= 0.3 is 5.97 Å². The molecular weight excluding hydrogens is 490 g/mol. The number of esters is 1. The fraction of sp³-hybridized carbons (Fsp3) is 0.406. The van der Waals surface area contributed by atoms with Crippen LogP contribution >= 0.6 is 0 Å². The van der Waals surface area contributed by atoms with Crippen LogP contribution in [0.25, 0.3) is 0 Å². The zero-order chi connectivity index (χ0) is 28.6. The molecule has 0 aliphatic heterocycles. The Morgan fingerprint density at radius 2 is 1.51 bits per heavy atom. The van der Waals surface area contributed by atoms with Gasteiger partial charge in [-0.2, -0.15) is 0 Å². The topological polar surface area (TPSA) is 111 Å². The van der Waals surface area contributed by atoms with Crippen LogP contribution in [0.2, 0.25) is 0 Å². The molecule has 4 N–H and O–H groups in total. The van der Waals surface area contributed by atoms with Gasteiger partial charge in [-0.1, -0.05) is 99.7 Å². The van der Waals surface area contributed by atoms with Crippen LogP contribution in [0.4, 0.5) is 0 Å². The van der Waals surface area contributed by atoms with E-state index in [1.165, 1.54) is 0 Å². The predicted octanol–water partition coefficient (Wildman–Crippen LogP) is 4.96. The minimum Gasteiger partial charge on any atom is -0.459 e.